The highest BCUT2D eigenvalue weighted by Gasteiger charge is 2.65. The van der Waals surface area contributed by atoms with Crippen molar-refractivity contribution in [1.29, 1.82) is 0 Å². The van der Waals surface area contributed by atoms with Crippen LogP contribution in [0.3, 0.4) is 0 Å². The van der Waals surface area contributed by atoms with Gasteiger partial charge in [0.05, 0.1) is 19.3 Å². The second kappa shape index (κ2) is 5.85. The van der Waals surface area contributed by atoms with Gasteiger partial charge in [-0.1, -0.05) is 50.3 Å². The number of rotatable bonds is 5. The molecule has 5 heteroatoms. The van der Waals surface area contributed by atoms with Crippen molar-refractivity contribution in [2.75, 3.05) is 12.3 Å². The lowest BCUT2D eigenvalue weighted by Gasteiger charge is -2.18. The fourth-order valence-electron chi connectivity index (χ4n) is 4.35. The van der Waals surface area contributed by atoms with Gasteiger partial charge in [-0.05, 0) is 34.5 Å². The summed E-state index contributed by atoms with van der Waals surface area (Å²) in [6.07, 6.45) is 3.94. The van der Waals surface area contributed by atoms with Gasteiger partial charge in [0.1, 0.15) is 5.82 Å². The molecular formula is C20H23N3O2. The third-order valence-electron chi connectivity index (χ3n) is 5.62. The third-order valence-corrected chi connectivity index (χ3v) is 5.62. The van der Waals surface area contributed by atoms with Crippen molar-refractivity contribution in [1.82, 2.24) is 9.55 Å². The largest absolute Gasteiger partial charge is 0.383 e. The van der Waals surface area contributed by atoms with E-state index in [1.807, 2.05) is 18.2 Å². The Morgan fingerprint density at radius 3 is 2.68 bits per heavy atom. The predicted octanol–water partition coefficient (Wildman–Crippen LogP) is 2.80. The van der Waals surface area contributed by atoms with Gasteiger partial charge in [-0.3, -0.25) is 4.57 Å². The maximum atomic E-state index is 12.2. The molecule has 4 rings (SSSR count). The minimum atomic E-state index is -0.283. The molecule has 5 nitrogen and oxygen atoms in total. The molecule has 2 aliphatic rings. The fraction of sp³-hybridized carbons (Fsp3) is 0.400. The highest BCUT2D eigenvalue weighted by molar-refractivity contribution is 5.36. The van der Waals surface area contributed by atoms with Gasteiger partial charge < -0.3 is 10.5 Å². The number of aromatic nitrogens is 2. The Morgan fingerprint density at radius 1 is 1.20 bits per heavy atom. The lowest BCUT2D eigenvalue weighted by molar-refractivity contribution is 0.138. The maximum absolute atomic E-state index is 12.2. The van der Waals surface area contributed by atoms with Crippen LogP contribution in [-0.4, -0.2) is 16.2 Å². The van der Waals surface area contributed by atoms with E-state index in [0.29, 0.717) is 25.0 Å². The van der Waals surface area contributed by atoms with E-state index in [1.54, 1.807) is 16.8 Å². The Balaban J connectivity index is 1.51. The van der Waals surface area contributed by atoms with Crippen molar-refractivity contribution in [2.45, 2.75) is 26.5 Å². The molecule has 25 heavy (non-hydrogen) atoms. The second-order valence-electron chi connectivity index (χ2n) is 7.58. The molecule has 2 aliphatic carbocycles. The van der Waals surface area contributed by atoms with Gasteiger partial charge in [-0.15, -0.1) is 0 Å². The van der Waals surface area contributed by atoms with E-state index in [4.69, 9.17) is 10.5 Å². The number of allylic oxidation sites excluding steroid dienone is 1. The van der Waals surface area contributed by atoms with E-state index < -0.39 is 0 Å². The number of nitrogen functional groups attached to an aromatic ring is 1. The van der Waals surface area contributed by atoms with Crippen molar-refractivity contribution < 1.29 is 4.74 Å². The zero-order valence-electron chi connectivity index (χ0n) is 14.6. The normalized spacial score (nSPS) is 26.2. The number of fused-ring (bicyclic) bond motifs is 1. The summed E-state index contributed by atoms with van der Waals surface area (Å²) in [7, 11) is 0. The number of benzene rings is 1. The predicted molar refractivity (Wildman–Crippen MR) is 96.9 cm³/mol. The Kier molecular flexibility index (Phi) is 3.76. The summed E-state index contributed by atoms with van der Waals surface area (Å²) in [5, 5.41) is 0. The van der Waals surface area contributed by atoms with Crippen molar-refractivity contribution >= 4 is 5.82 Å². The van der Waals surface area contributed by atoms with E-state index in [2.05, 4.69) is 37.0 Å². The number of nitrogens with zero attached hydrogens (tertiary/aromatic N) is 2. The average molecular weight is 337 g/mol. The molecule has 0 aliphatic heterocycles. The summed E-state index contributed by atoms with van der Waals surface area (Å²) in [6, 6.07) is 11.9. The van der Waals surface area contributed by atoms with Crippen molar-refractivity contribution in [3.8, 4) is 0 Å². The molecule has 130 valence electrons. The van der Waals surface area contributed by atoms with Crippen molar-refractivity contribution in [3.63, 3.8) is 0 Å². The van der Waals surface area contributed by atoms with Gasteiger partial charge >= 0.3 is 5.69 Å². The molecule has 2 aromatic rings. The van der Waals surface area contributed by atoms with Crippen LogP contribution < -0.4 is 11.4 Å². The number of nitrogens with two attached hydrogens (primary N) is 1. The van der Waals surface area contributed by atoms with Gasteiger partial charge in [-0.25, -0.2) is 4.79 Å². The monoisotopic (exact) mass is 337 g/mol. The van der Waals surface area contributed by atoms with Crippen LogP contribution in [0.15, 0.2) is 59.0 Å². The maximum Gasteiger partial charge on any atom is 0.350 e. The van der Waals surface area contributed by atoms with Crippen LogP contribution in [0.1, 0.15) is 25.5 Å². The first-order chi connectivity index (χ1) is 12.0. The fourth-order valence-corrected chi connectivity index (χ4v) is 4.35. The molecule has 1 heterocycles. The lowest BCUT2D eigenvalue weighted by atomic mass is 9.98. The molecule has 0 saturated heterocycles. The molecule has 0 spiro atoms. The van der Waals surface area contributed by atoms with Crippen LogP contribution in [0.4, 0.5) is 5.82 Å². The number of hydrogen-bond donors (Lipinski definition) is 1. The molecule has 1 saturated carbocycles. The molecule has 1 aromatic heterocycles. The number of ether oxygens (including phenoxy) is 1. The van der Waals surface area contributed by atoms with E-state index in [9.17, 15) is 4.79 Å². The topological polar surface area (TPSA) is 70.1 Å². The summed E-state index contributed by atoms with van der Waals surface area (Å²) < 4.78 is 7.64. The first-order valence-electron chi connectivity index (χ1n) is 8.65. The van der Waals surface area contributed by atoms with Crippen molar-refractivity contribution in [3.05, 3.63) is 70.3 Å². The summed E-state index contributed by atoms with van der Waals surface area (Å²) in [5.41, 5.74) is 7.98. The zero-order valence-corrected chi connectivity index (χ0v) is 14.6. The molecule has 3 atom stereocenters. The van der Waals surface area contributed by atoms with Crippen molar-refractivity contribution in [2.24, 2.45) is 17.3 Å². The van der Waals surface area contributed by atoms with E-state index in [-0.39, 0.29) is 23.0 Å². The molecule has 2 N–H and O–H groups in total. The summed E-state index contributed by atoms with van der Waals surface area (Å²) in [6.45, 7) is 5.72. The Morgan fingerprint density at radius 2 is 1.96 bits per heavy atom. The summed E-state index contributed by atoms with van der Waals surface area (Å²) in [5.74, 6) is 1.16. The van der Waals surface area contributed by atoms with Crippen LogP contribution in [0.25, 0.3) is 0 Å². The minimum Gasteiger partial charge on any atom is -0.383 e. The number of hydrogen-bond acceptors (Lipinski definition) is 4. The summed E-state index contributed by atoms with van der Waals surface area (Å²) in [4.78, 5) is 16.1. The molecular weight excluding hydrogens is 314 g/mol. The first kappa shape index (κ1) is 16.1. The van der Waals surface area contributed by atoms with E-state index in [0.717, 1.165) is 0 Å². The smallest absolute Gasteiger partial charge is 0.350 e. The molecule has 0 bridgehead atoms. The Bertz CT molecular complexity index is 870. The first-order valence-corrected chi connectivity index (χ1v) is 8.65. The molecule has 0 amide bonds. The van der Waals surface area contributed by atoms with Crippen LogP contribution >= 0.6 is 0 Å². The standard InChI is InChI=1S/C20H23N3O2/c1-20(2)17-14(12-25-11-13-6-4-3-5-7-13)10-15(18(17)20)23-9-8-16(21)22-19(23)24/h3-10,15,17-18H,11-12H2,1-2H3,(H2,21,22,24). The lowest BCUT2D eigenvalue weighted by Crippen LogP contribution is -2.28. The van der Waals surface area contributed by atoms with Gasteiger partial charge in [0, 0.05) is 6.20 Å². The van der Waals surface area contributed by atoms with Gasteiger partial charge in [0.2, 0.25) is 0 Å². The zero-order chi connectivity index (χ0) is 17.6. The van der Waals surface area contributed by atoms with Gasteiger partial charge in [-0.2, -0.15) is 4.98 Å². The molecule has 1 aromatic carbocycles. The highest BCUT2D eigenvalue weighted by atomic mass is 16.5. The quantitative estimate of drug-likeness (QED) is 0.852. The van der Waals surface area contributed by atoms with Crippen LogP contribution in [0, 0.1) is 17.3 Å². The molecule has 3 unspecified atom stereocenters. The second-order valence-corrected chi connectivity index (χ2v) is 7.58. The molecule has 0 radical (unpaired) electrons. The van der Waals surface area contributed by atoms with Crippen LogP contribution in [-0.2, 0) is 11.3 Å². The minimum absolute atomic E-state index is 0.0379. The van der Waals surface area contributed by atoms with Crippen LogP contribution in [0.5, 0.6) is 0 Å². The average Bonchev–Trinajstić information content (AvgIpc) is 2.94. The Hall–Kier alpha value is -2.40. The summed E-state index contributed by atoms with van der Waals surface area (Å²) >= 11 is 0. The van der Waals surface area contributed by atoms with Crippen LogP contribution in [0.2, 0.25) is 0 Å². The van der Waals surface area contributed by atoms with E-state index in [1.165, 1.54) is 11.1 Å². The third kappa shape index (κ3) is 2.78. The van der Waals surface area contributed by atoms with Gasteiger partial charge in [0.15, 0.2) is 0 Å². The number of anilines is 1. The highest BCUT2D eigenvalue weighted by Crippen LogP contribution is 2.69. The SMILES string of the molecule is CC1(C)C2C(COCc3ccccc3)=CC(n3ccc(N)nc3=O)C21. The molecule has 1 fully saturated rings. The Labute approximate surface area is 147 Å². The van der Waals surface area contributed by atoms with Gasteiger partial charge in [0.25, 0.3) is 0 Å². The van der Waals surface area contributed by atoms with E-state index >= 15 is 0 Å².